The summed E-state index contributed by atoms with van der Waals surface area (Å²) in [5, 5.41) is 9.87. The molecule has 0 aliphatic carbocycles. The molecule has 0 atom stereocenters. The van der Waals surface area contributed by atoms with Crippen LogP contribution in [-0.4, -0.2) is 21.2 Å². The lowest BCUT2D eigenvalue weighted by Gasteiger charge is -2.20. The van der Waals surface area contributed by atoms with E-state index in [2.05, 4.69) is 45.7 Å². The lowest BCUT2D eigenvalue weighted by molar-refractivity contribution is 0.190. The fraction of sp³-hybridized carbons (Fsp3) is 0.545. The van der Waals surface area contributed by atoms with Gasteiger partial charge in [0.15, 0.2) is 0 Å². The number of aliphatic hydroxyl groups is 1. The molecule has 2 aromatic heterocycles. The summed E-state index contributed by atoms with van der Waals surface area (Å²) in [6.45, 7) is 10.7. The van der Waals surface area contributed by atoms with Crippen molar-refractivity contribution >= 4 is 0 Å². The summed E-state index contributed by atoms with van der Waals surface area (Å²) in [6, 6.07) is 6.08. The number of pyridine rings is 2. The Morgan fingerprint density at radius 3 is 2.30 bits per heavy atom. The van der Waals surface area contributed by atoms with Crippen LogP contribution in [0.5, 0.6) is 5.75 Å². The molecular formula is C22H33N3O2. The van der Waals surface area contributed by atoms with Crippen LogP contribution in [-0.2, 0) is 19.6 Å². The minimum absolute atomic E-state index is 0.120. The number of nitrogens with two attached hydrogens (primary N) is 1. The third-order valence-corrected chi connectivity index (χ3v) is 4.91. The Hall–Kier alpha value is -1.98. The molecule has 2 heterocycles. The van der Waals surface area contributed by atoms with Crippen molar-refractivity contribution in [1.82, 2.24) is 9.97 Å². The zero-order valence-electron chi connectivity index (χ0n) is 17.2. The third-order valence-electron chi connectivity index (χ3n) is 4.91. The van der Waals surface area contributed by atoms with Crippen LogP contribution in [0.1, 0.15) is 76.0 Å². The number of rotatable bonds is 9. The van der Waals surface area contributed by atoms with Gasteiger partial charge in [0.2, 0.25) is 0 Å². The van der Waals surface area contributed by atoms with E-state index in [4.69, 9.17) is 15.5 Å². The van der Waals surface area contributed by atoms with Gasteiger partial charge in [-0.2, -0.15) is 0 Å². The number of hydrogen-bond donors (Lipinski definition) is 2. The minimum atomic E-state index is -0.120. The molecule has 0 unspecified atom stereocenters. The molecule has 0 aromatic carbocycles. The zero-order chi connectivity index (χ0) is 20.0. The molecule has 0 aliphatic rings. The van der Waals surface area contributed by atoms with Crippen molar-refractivity contribution < 1.29 is 9.84 Å². The number of ether oxygens (including phenoxy) is 1. The molecule has 3 N–H and O–H groups in total. The minimum Gasteiger partial charge on any atom is -0.488 e. The molecule has 0 aliphatic heterocycles. The van der Waals surface area contributed by atoms with Gasteiger partial charge in [-0.25, -0.2) is 4.98 Å². The van der Waals surface area contributed by atoms with Gasteiger partial charge in [-0.3, -0.25) is 4.98 Å². The zero-order valence-corrected chi connectivity index (χ0v) is 17.2. The first kappa shape index (κ1) is 21.3. The molecule has 0 amide bonds. The summed E-state index contributed by atoms with van der Waals surface area (Å²) in [6.07, 6.45) is 2.86. The Balaban J connectivity index is 2.57. The predicted molar refractivity (Wildman–Crippen MR) is 110 cm³/mol. The summed E-state index contributed by atoms with van der Waals surface area (Å²) in [5.74, 6) is 1.07. The fourth-order valence-corrected chi connectivity index (χ4v) is 3.13. The van der Waals surface area contributed by atoms with Crippen LogP contribution in [0, 0.1) is 0 Å². The summed E-state index contributed by atoms with van der Waals surface area (Å²) in [5.41, 5.74) is 11.1. The number of aliphatic hydroxyl groups excluding tert-OH is 1. The van der Waals surface area contributed by atoms with Gasteiger partial charge in [-0.05, 0) is 48.9 Å². The lowest BCUT2D eigenvalue weighted by Crippen LogP contribution is -2.17. The highest BCUT2D eigenvalue weighted by Gasteiger charge is 2.18. The smallest absolute Gasteiger partial charge is 0.142 e. The van der Waals surface area contributed by atoms with Crippen LogP contribution in [0.2, 0.25) is 0 Å². The van der Waals surface area contributed by atoms with Crippen LogP contribution in [0.25, 0.3) is 11.3 Å². The average molecular weight is 372 g/mol. The number of hydrogen-bond acceptors (Lipinski definition) is 5. The van der Waals surface area contributed by atoms with E-state index in [1.165, 1.54) is 0 Å². The Morgan fingerprint density at radius 2 is 1.78 bits per heavy atom. The number of nitrogens with zero attached hydrogens (tertiary/aromatic N) is 2. The van der Waals surface area contributed by atoms with Crippen molar-refractivity contribution in [2.24, 2.45) is 5.73 Å². The van der Waals surface area contributed by atoms with Crippen molar-refractivity contribution in [3.63, 3.8) is 0 Å². The van der Waals surface area contributed by atoms with Crippen LogP contribution >= 0.6 is 0 Å². The quantitative estimate of drug-likeness (QED) is 0.685. The van der Waals surface area contributed by atoms with E-state index >= 15 is 0 Å². The monoisotopic (exact) mass is 371 g/mol. The molecule has 2 aromatic rings. The van der Waals surface area contributed by atoms with Gasteiger partial charge < -0.3 is 15.6 Å². The highest BCUT2D eigenvalue weighted by atomic mass is 16.5. The van der Waals surface area contributed by atoms with E-state index in [9.17, 15) is 5.11 Å². The Morgan fingerprint density at radius 1 is 1.07 bits per heavy atom. The molecule has 5 nitrogen and oxygen atoms in total. The van der Waals surface area contributed by atoms with Gasteiger partial charge in [0.1, 0.15) is 5.75 Å². The van der Waals surface area contributed by atoms with Crippen molar-refractivity contribution in [1.29, 1.82) is 0 Å². The summed E-state index contributed by atoms with van der Waals surface area (Å²) >= 11 is 0. The second-order valence-corrected chi connectivity index (χ2v) is 7.10. The van der Waals surface area contributed by atoms with Crippen molar-refractivity contribution in [2.75, 3.05) is 0 Å². The number of aryl methyl sites for hydroxylation is 1. The molecule has 0 saturated carbocycles. The maximum Gasteiger partial charge on any atom is 0.142 e. The van der Waals surface area contributed by atoms with Crippen LogP contribution in [0.4, 0.5) is 0 Å². The molecule has 0 radical (unpaired) electrons. The number of aromatic nitrogens is 2. The van der Waals surface area contributed by atoms with Gasteiger partial charge in [-0.15, -0.1) is 0 Å². The Kier molecular flexibility index (Phi) is 7.75. The fourth-order valence-electron chi connectivity index (χ4n) is 3.13. The topological polar surface area (TPSA) is 81.3 Å². The lowest BCUT2D eigenvalue weighted by atomic mass is 9.99. The van der Waals surface area contributed by atoms with Gasteiger partial charge in [-0.1, -0.05) is 34.6 Å². The summed E-state index contributed by atoms with van der Waals surface area (Å²) < 4.78 is 6.17. The molecule has 0 spiro atoms. The highest BCUT2D eigenvalue weighted by molar-refractivity contribution is 5.67. The van der Waals surface area contributed by atoms with Crippen molar-refractivity contribution in [3.8, 4) is 17.0 Å². The molecule has 0 saturated heterocycles. The van der Waals surface area contributed by atoms with Crippen molar-refractivity contribution in [2.45, 2.75) is 79.1 Å². The Bertz CT molecular complexity index is 755. The first-order chi connectivity index (χ1) is 13.0. The summed E-state index contributed by atoms with van der Waals surface area (Å²) in [7, 11) is 0. The van der Waals surface area contributed by atoms with E-state index in [0.29, 0.717) is 18.2 Å². The predicted octanol–water partition coefficient (Wildman–Crippen LogP) is 4.35. The van der Waals surface area contributed by atoms with Crippen molar-refractivity contribution in [3.05, 3.63) is 40.8 Å². The second kappa shape index (κ2) is 9.81. The normalized spacial score (nSPS) is 11.4. The van der Waals surface area contributed by atoms with Gasteiger partial charge >= 0.3 is 0 Å². The average Bonchev–Trinajstić information content (AvgIpc) is 2.70. The van der Waals surface area contributed by atoms with E-state index in [1.54, 1.807) is 0 Å². The maximum absolute atomic E-state index is 9.87. The molecule has 0 fully saturated rings. The van der Waals surface area contributed by atoms with E-state index in [1.807, 2.05) is 12.1 Å². The van der Waals surface area contributed by atoms with Gasteiger partial charge in [0, 0.05) is 17.8 Å². The third kappa shape index (κ3) is 4.85. The molecule has 2 rings (SSSR count). The highest BCUT2D eigenvalue weighted by Crippen LogP contribution is 2.32. The largest absolute Gasteiger partial charge is 0.488 e. The molecule has 0 bridgehead atoms. The molecule has 5 heteroatoms. The van der Waals surface area contributed by atoms with Crippen LogP contribution in [0.15, 0.2) is 18.2 Å². The van der Waals surface area contributed by atoms with Gasteiger partial charge in [0.05, 0.1) is 29.8 Å². The van der Waals surface area contributed by atoms with E-state index in [0.717, 1.165) is 53.2 Å². The molecule has 148 valence electrons. The standard InChI is InChI=1S/C22H33N3O2/c1-6-15-11-21(27-16(7-2)8-3)19(12-23)25-22(15)17-9-10-18(14(4)5)24-20(17)13-26/h9-11,14,16,26H,6-8,12-13,23H2,1-5H3. The molecular weight excluding hydrogens is 338 g/mol. The van der Waals surface area contributed by atoms with Gasteiger partial charge in [0.25, 0.3) is 0 Å². The Labute approximate surface area is 163 Å². The van der Waals surface area contributed by atoms with E-state index in [-0.39, 0.29) is 12.7 Å². The SMILES string of the molecule is CCc1cc(OC(CC)CC)c(CN)nc1-c1ccc(C(C)C)nc1CO. The van der Waals surface area contributed by atoms with Crippen LogP contribution in [0.3, 0.4) is 0 Å². The van der Waals surface area contributed by atoms with Crippen LogP contribution < -0.4 is 10.5 Å². The molecule has 27 heavy (non-hydrogen) atoms. The van der Waals surface area contributed by atoms with E-state index < -0.39 is 0 Å². The first-order valence-corrected chi connectivity index (χ1v) is 9.99. The first-order valence-electron chi connectivity index (χ1n) is 9.99. The summed E-state index contributed by atoms with van der Waals surface area (Å²) in [4.78, 5) is 9.48. The second-order valence-electron chi connectivity index (χ2n) is 7.10. The maximum atomic E-state index is 9.87.